The van der Waals surface area contributed by atoms with E-state index in [1.165, 1.54) is 0 Å². The Labute approximate surface area is 168 Å². The molecule has 2 aliphatic carbocycles. The molecule has 2 fully saturated rings. The molecule has 6 heteroatoms. The summed E-state index contributed by atoms with van der Waals surface area (Å²) in [5.41, 5.74) is 0.779. The van der Waals surface area contributed by atoms with Gasteiger partial charge in [0.15, 0.2) is 13.6 Å². The Morgan fingerprint density at radius 2 is 1.00 bits per heavy atom. The summed E-state index contributed by atoms with van der Waals surface area (Å²) in [6, 6.07) is 0. The summed E-state index contributed by atoms with van der Waals surface area (Å²) in [5.74, 6) is 0.671. The van der Waals surface area contributed by atoms with Crippen molar-refractivity contribution in [1.82, 2.24) is 0 Å². The summed E-state index contributed by atoms with van der Waals surface area (Å²) < 4.78 is 21.4. The molecule has 0 N–H and O–H groups in total. The van der Waals surface area contributed by atoms with E-state index in [2.05, 4.69) is 13.2 Å². The summed E-state index contributed by atoms with van der Waals surface area (Å²) >= 11 is 0. The van der Waals surface area contributed by atoms with E-state index < -0.39 is 11.9 Å². The van der Waals surface area contributed by atoms with Crippen LogP contribution in [0.25, 0.3) is 0 Å². The van der Waals surface area contributed by atoms with Crippen LogP contribution in [0.2, 0.25) is 0 Å². The standard InChI is InChI=1S/C22H34O6/c1-15(2)21(23)27-13-25-19-9-5-17(6-10-19)18-7-11-20(12-8-18)26-14-28-22(24)16(3)4/h17-20H,1,3,5-14H2,2,4H3. The Balaban J connectivity index is 1.58. The lowest BCUT2D eigenvalue weighted by Crippen LogP contribution is -2.31. The van der Waals surface area contributed by atoms with Crippen LogP contribution in [0.15, 0.2) is 24.3 Å². The van der Waals surface area contributed by atoms with E-state index in [0.29, 0.717) is 11.1 Å². The summed E-state index contributed by atoms with van der Waals surface area (Å²) in [6.45, 7) is 10.4. The molecule has 2 aliphatic rings. The van der Waals surface area contributed by atoms with E-state index in [9.17, 15) is 9.59 Å². The molecule has 0 aromatic rings. The molecule has 0 amide bonds. The van der Waals surface area contributed by atoms with Crippen LogP contribution in [-0.2, 0) is 28.5 Å². The lowest BCUT2D eigenvalue weighted by atomic mass is 9.72. The van der Waals surface area contributed by atoms with Crippen molar-refractivity contribution >= 4 is 11.9 Å². The molecule has 6 nitrogen and oxygen atoms in total. The second-order valence-corrected chi connectivity index (χ2v) is 8.07. The van der Waals surface area contributed by atoms with Gasteiger partial charge in [0.25, 0.3) is 0 Å². The highest BCUT2D eigenvalue weighted by molar-refractivity contribution is 5.87. The number of esters is 2. The SMILES string of the molecule is C=C(C)C(=O)OCOC1CCC(C2CCC(OCOC(=O)C(=C)C)CC2)CC1. The summed E-state index contributed by atoms with van der Waals surface area (Å²) in [7, 11) is 0. The molecule has 28 heavy (non-hydrogen) atoms. The average Bonchev–Trinajstić information content (AvgIpc) is 2.68. The number of hydrogen-bond acceptors (Lipinski definition) is 6. The van der Waals surface area contributed by atoms with Gasteiger partial charge in [-0.05, 0) is 77.0 Å². The quantitative estimate of drug-likeness (QED) is 0.330. The molecular formula is C22H34O6. The van der Waals surface area contributed by atoms with E-state index in [1.807, 2.05) is 0 Å². The smallest absolute Gasteiger partial charge is 0.335 e. The highest BCUT2D eigenvalue weighted by atomic mass is 16.7. The molecule has 0 atom stereocenters. The zero-order valence-corrected chi connectivity index (χ0v) is 17.2. The second-order valence-electron chi connectivity index (χ2n) is 8.07. The molecule has 0 heterocycles. The fraction of sp³-hybridized carbons (Fsp3) is 0.727. The van der Waals surface area contributed by atoms with Crippen LogP contribution in [0.5, 0.6) is 0 Å². The van der Waals surface area contributed by atoms with Crippen molar-refractivity contribution in [3.63, 3.8) is 0 Å². The minimum absolute atomic E-state index is 0.0133. The largest absolute Gasteiger partial charge is 0.435 e. The fourth-order valence-electron chi connectivity index (χ4n) is 4.07. The third kappa shape index (κ3) is 7.40. The Kier molecular flexibility index (Phi) is 9.19. The van der Waals surface area contributed by atoms with Gasteiger partial charge in [-0.3, -0.25) is 0 Å². The van der Waals surface area contributed by atoms with Gasteiger partial charge in [0, 0.05) is 11.1 Å². The van der Waals surface area contributed by atoms with E-state index in [1.54, 1.807) is 13.8 Å². The highest BCUT2D eigenvalue weighted by Gasteiger charge is 2.31. The molecule has 0 aromatic carbocycles. The van der Waals surface area contributed by atoms with Crippen LogP contribution in [0, 0.1) is 11.8 Å². The molecular weight excluding hydrogens is 360 g/mol. The Bertz CT molecular complexity index is 503. The summed E-state index contributed by atoms with van der Waals surface area (Å²) in [5, 5.41) is 0. The van der Waals surface area contributed by atoms with E-state index in [-0.39, 0.29) is 25.8 Å². The molecule has 2 saturated carbocycles. The van der Waals surface area contributed by atoms with Gasteiger partial charge in [-0.25, -0.2) is 9.59 Å². The average molecular weight is 395 g/mol. The first-order chi connectivity index (χ1) is 13.4. The number of hydrogen-bond donors (Lipinski definition) is 0. The first-order valence-corrected chi connectivity index (χ1v) is 10.2. The van der Waals surface area contributed by atoms with Crippen molar-refractivity contribution in [3.8, 4) is 0 Å². The highest BCUT2D eigenvalue weighted by Crippen LogP contribution is 2.39. The van der Waals surface area contributed by atoms with E-state index in [4.69, 9.17) is 18.9 Å². The predicted octanol–water partition coefficient (Wildman–Crippen LogP) is 4.29. The van der Waals surface area contributed by atoms with Crippen molar-refractivity contribution in [2.45, 2.75) is 77.4 Å². The van der Waals surface area contributed by atoms with Gasteiger partial charge in [0.05, 0.1) is 12.2 Å². The van der Waals surface area contributed by atoms with Crippen molar-refractivity contribution in [3.05, 3.63) is 24.3 Å². The van der Waals surface area contributed by atoms with Gasteiger partial charge in [0.1, 0.15) is 0 Å². The first kappa shape index (κ1) is 22.6. The molecule has 0 aliphatic heterocycles. The van der Waals surface area contributed by atoms with Gasteiger partial charge in [-0.2, -0.15) is 0 Å². The Morgan fingerprint density at radius 1 is 0.679 bits per heavy atom. The maximum absolute atomic E-state index is 11.4. The third-order valence-electron chi connectivity index (χ3n) is 5.79. The van der Waals surface area contributed by atoms with Gasteiger partial charge in [-0.1, -0.05) is 13.2 Å². The van der Waals surface area contributed by atoms with Crippen molar-refractivity contribution in [2.75, 3.05) is 13.6 Å². The molecule has 0 bridgehead atoms. The van der Waals surface area contributed by atoms with Crippen LogP contribution in [0.1, 0.15) is 65.2 Å². The predicted molar refractivity (Wildman–Crippen MR) is 105 cm³/mol. The lowest BCUT2D eigenvalue weighted by molar-refractivity contribution is -0.160. The lowest BCUT2D eigenvalue weighted by Gasteiger charge is -2.37. The molecule has 158 valence electrons. The molecule has 0 unspecified atom stereocenters. The van der Waals surface area contributed by atoms with Gasteiger partial charge >= 0.3 is 11.9 Å². The maximum atomic E-state index is 11.4. The summed E-state index contributed by atoms with van der Waals surface area (Å²) in [4.78, 5) is 22.7. The second kappa shape index (κ2) is 11.4. The molecule has 0 saturated heterocycles. The van der Waals surface area contributed by atoms with Crippen molar-refractivity contribution in [2.24, 2.45) is 11.8 Å². The van der Waals surface area contributed by atoms with Crippen molar-refractivity contribution < 1.29 is 28.5 Å². The fourth-order valence-corrected chi connectivity index (χ4v) is 4.07. The zero-order chi connectivity index (χ0) is 20.5. The van der Waals surface area contributed by atoms with Crippen LogP contribution >= 0.6 is 0 Å². The zero-order valence-electron chi connectivity index (χ0n) is 17.2. The number of rotatable bonds is 9. The van der Waals surface area contributed by atoms with Gasteiger partial charge < -0.3 is 18.9 Å². The van der Waals surface area contributed by atoms with Crippen LogP contribution in [0.3, 0.4) is 0 Å². The number of ether oxygens (including phenoxy) is 4. The minimum Gasteiger partial charge on any atom is -0.435 e. The van der Waals surface area contributed by atoms with Gasteiger partial charge in [-0.15, -0.1) is 0 Å². The molecule has 0 radical (unpaired) electrons. The third-order valence-corrected chi connectivity index (χ3v) is 5.79. The first-order valence-electron chi connectivity index (χ1n) is 10.2. The van der Waals surface area contributed by atoms with E-state index >= 15 is 0 Å². The topological polar surface area (TPSA) is 71.1 Å². The van der Waals surface area contributed by atoms with E-state index in [0.717, 1.165) is 63.2 Å². The van der Waals surface area contributed by atoms with Gasteiger partial charge in [0.2, 0.25) is 0 Å². The number of carbonyl (C=O) groups excluding carboxylic acids is 2. The monoisotopic (exact) mass is 394 g/mol. The number of carbonyl (C=O) groups is 2. The van der Waals surface area contributed by atoms with Crippen LogP contribution < -0.4 is 0 Å². The maximum Gasteiger partial charge on any atom is 0.335 e. The molecule has 2 rings (SSSR count). The Morgan fingerprint density at radius 3 is 1.29 bits per heavy atom. The van der Waals surface area contributed by atoms with Crippen LogP contribution in [0.4, 0.5) is 0 Å². The normalized spacial score (nSPS) is 27.6. The van der Waals surface area contributed by atoms with Crippen molar-refractivity contribution in [1.29, 1.82) is 0 Å². The van der Waals surface area contributed by atoms with Crippen LogP contribution in [-0.4, -0.2) is 37.7 Å². The molecule has 0 aromatic heterocycles. The molecule has 0 spiro atoms. The summed E-state index contributed by atoms with van der Waals surface area (Å²) in [6.07, 6.45) is 9.05. The Hall–Kier alpha value is -1.66. The minimum atomic E-state index is -0.401.